The third-order valence-electron chi connectivity index (χ3n) is 9.65. The van der Waals surface area contributed by atoms with Crippen LogP contribution in [0.15, 0.2) is 65.8 Å². The Morgan fingerprint density at radius 1 is 1.06 bits per heavy atom. The summed E-state index contributed by atoms with van der Waals surface area (Å²) in [7, 11) is 0. The summed E-state index contributed by atoms with van der Waals surface area (Å²) < 4.78 is 5.84. The Morgan fingerprint density at radius 2 is 1.84 bits per heavy atom. The van der Waals surface area contributed by atoms with Crippen LogP contribution >= 0.6 is 0 Å². The number of rotatable bonds is 11. The number of hydrogen-bond acceptors (Lipinski definition) is 9. The molecule has 3 aromatic rings. The van der Waals surface area contributed by atoms with Crippen LogP contribution in [0.3, 0.4) is 0 Å². The van der Waals surface area contributed by atoms with Gasteiger partial charge in [-0.25, -0.2) is 15.0 Å². The third-order valence-corrected chi connectivity index (χ3v) is 9.65. The molecule has 13 heteroatoms. The van der Waals surface area contributed by atoms with Gasteiger partial charge in [-0.05, 0) is 74.9 Å². The quantitative estimate of drug-likeness (QED) is 0.175. The molecular formula is C37H44N10O3. The molecule has 0 radical (unpaired) electrons. The highest BCUT2D eigenvalue weighted by Gasteiger charge is 2.34. The van der Waals surface area contributed by atoms with Crippen molar-refractivity contribution in [3.05, 3.63) is 83.2 Å². The van der Waals surface area contributed by atoms with Gasteiger partial charge in [0.1, 0.15) is 17.6 Å². The van der Waals surface area contributed by atoms with Crippen molar-refractivity contribution >= 4 is 46.8 Å². The number of nitrogens with zero attached hydrogens (tertiary/aromatic N) is 6. The molecule has 0 unspecified atom stereocenters. The summed E-state index contributed by atoms with van der Waals surface area (Å²) in [5, 5.41) is 16.7. The number of nitrogens with two attached hydrogens (primary N) is 2. The van der Waals surface area contributed by atoms with E-state index in [2.05, 4.69) is 25.9 Å². The third kappa shape index (κ3) is 7.73. The van der Waals surface area contributed by atoms with E-state index in [1.54, 1.807) is 35.4 Å². The molecule has 2 amide bonds. The molecule has 6 N–H and O–H groups in total. The van der Waals surface area contributed by atoms with E-state index in [0.29, 0.717) is 67.7 Å². The maximum atomic E-state index is 13.8. The van der Waals surface area contributed by atoms with Crippen molar-refractivity contribution < 1.29 is 14.3 Å². The second kappa shape index (κ2) is 15.4. The number of carbonyl (C=O) groups excluding carboxylic acids is 2. The molecule has 2 aliphatic heterocycles. The fourth-order valence-electron chi connectivity index (χ4n) is 6.47. The van der Waals surface area contributed by atoms with E-state index in [1.807, 2.05) is 36.1 Å². The number of aliphatic imine (C=N–C) groups is 1. The molecule has 13 nitrogen and oxygen atoms in total. The molecule has 0 spiro atoms. The summed E-state index contributed by atoms with van der Waals surface area (Å²) in [6.45, 7) is 4.86. The topological polar surface area (TPSA) is 191 Å². The Balaban J connectivity index is 1.03. The van der Waals surface area contributed by atoms with E-state index < -0.39 is 0 Å². The zero-order valence-electron chi connectivity index (χ0n) is 28.3. The van der Waals surface area contributed by atoms with Crippen LogP contribution in [0.4, 0.5) is 11.5 Å². The summed E-state index contributed by atoms with van der Waals surface area (Å²) in [5.74, 6) is 0.800. The highest BCUT2D eigenvalue weighted by molar-refractivity contribution is 6.12. The number of nitrogen functional groups attached to an aromatic ring is 1. The van der Waals surface area contributed by atoms with Crippen LogP contribution in [-0.4, -0.2) is 94.8 Å². The number of nitrogens with one attached hydrogen (secondary N) is 2. The van der Waals surface area contributed by atoms with Gasteiger partial charge in [-0.1, -0.05) is 30.3 Å². The lowest BCUT2D eigenvalue weighted by Gasteiger charge is -2.29. The highest BCUT2D eigenvalue weighted by atomic mass is 16.5. The maximum absolute atomic E-state index is 13.8. The van der Waals surface area contributed by atoms with Crippen molar-refractivity contribution in [2.45, 2.75) is 45.1 Å². The smallest absolute Gasteiger partial charge is 0.237 e. The van der Waals surface area contributed by atoms with Gasteiger partial charge in [0.05, 0.1) is 30.2 Å². The summed E-state index contributed by atoms with van der Waals surface area (Å²) in [6, 6.07) is 14.6. The van der Waals surface area contributed by atoms with Gasteiger partial charge < -0.3 is 21.1 Å². The first-order chi connectivity index (χ1) is 24.2. The number of pyridine rings is 2. The number of ether oxygens (including phenoxy) is 1. The van der Waals surface area contributed by atoms with Crippen LogP contribution in [0.25, 0.3) is 5.57 Å². The predicted molar refractivity (Wildman–Crippen MR) is 195 cm³/mol. The van der Waals surface area contributed by atoms with Crippen LogP contribution in [0.2, 0.25) is 0 Å². The predicted octanol–water partition coefficient (Wildman–Crippen LogP) is 3.71. The molecule has 1 saturated heterocycles. The zero-order valence-corrected chi connectivity index (χ0v) is 28.3. The standard InChI is InChI=1S/C37H44N10O3/c1-2-47(31-12-11-30(39)35(44-31)34(40)27-10-13-32(42-20-27)50-29-4-3-5-29)37(49)28-14-17-45(21-28)22-33(48)46-18-15-25(16-19-46)24-6-8-26(9-7-24)36(41)43-23-38/h6-13,15,20,23,28-29,40H,2-5,14,16-19,21-22,39H2,1H3,(H3,38,41,43)/t28-/m1/s1. The molecule has 3 aliphatic rings. The number of amides is 2. The minimum absolute atomic E-state index is 0.0460. The van der Waals surface area contributed by atoms with E-state index in [0.717, 1.165) is 31.2 Å². The number of carbonyl (C=O) groups is 2. The van der Waals surface area contributed by atoms with Crippen molar-refractivity contribution in [2.24, 2.45) is 16.6 Å². The Bertz CT molecular complexity index is 1800. The van der Waals surface area contributed by atoms with Gasteiger partial charge in [0.15, 0.2) is 5.84 Å². The first-order valence-electron chi connectivity index (χ1n) is 17.2. The number of likely N-dealkylation sites (tertiary alicyclic amines) is 1. The number of amidine groups is 1. The molecule has 1 atom stereocenters. The Labute approximate surface area is 292 Å². The van der Waals surface area contributed by atoms with Crippen molar-refractivity contribution in [1.82, 2.24) is 19.8 Å². The van der Waals surface area contributed by atoms with E-state index in [1.165, 1.54) is 12.0 Å². The average Bonchev–Trinajstić information content (AvgIpc) is 3.59. The molecule has 0 bridgehead atoms. The lowest BCUT2D eigenvalue weighted by atomic mass is 9.96. The Morgan fingerprint density at radius 3 is 2.48 bits per heavy atom. The van der Waals surface area contributed by atoms with Crippen LogP contribution in [0.5, 0.6) is 5.88 Å². The van der Waals surface area contributed by atoms with Gasteiger partial charge in [0.25, 0.3) is 0 Å². The summed E-state index contributed by atoms with van der Waals surface area (Å²) in [5.41, 5.74) is 15.8. The normalized spacial score (nSPS) is 18.1. The van der Waals surface area contributed by atoms with E-state index in [-0.39, 0.29) is 47.6 Å². The summed E-state index contributed by atoms with van der Waals surface area (Å²) in [6.07, 6.45) is 9.62. The molecule has 4 heterocycles. The highest BCUT2D eigenvalue weighted by Crippen LogP contribution is 2.27. The average molecular weight is 677 g/mol. The molecule has 2 fully saturated rings. The van der Waals surface area contributed by atoms with Crippen LogP contribution < -0.4 is 21.1 Å². The Hall–Kier alpha value is -5.43. The monoisotopic (exact) mass is 676 g/mol. The van der Waals surface area contributed by atoms with E-state index in [4.69, 9.17) is 27.0 Å². The van der Waals surface area contributed by atoms with Crippen molar-refractivity contribution in [3.63, 3.8) is 0 Å². The number of benzene rings is 1. The van der Waals surface area contributed by atoms with Crippen molar-refractivity contribution in [1.29, 1.82) is 10.8 Å². The number of hydrogen-bond donors (Lipinski definition) is 4. The minimum Gasteiger partial charge on any atom is -0.474 e. The molecule has 6 rings (SSSR count). The fraction of sp³-hybridized carbons (Fsp3) is 0.378. The Kier molecular flexibility index (Phi) is 10.6. The van der Waals surface area contributed by atoms with Crippen molar-refractivity contribution in [2.75, 3.05) is 49.9 Å². The minimum atomic E-state index is -0.273. The van der Waals surface area contributed by atoms with Gasteiger partial charge >= 0.3 is 0 Å². The molecule has 1 aromatic carbocycles. The molecule has 1 saturated carbocycles. The fourth-order valence-corrected chi connectivity index (χ4v) is 6.47. The molecule has 50 heavy (non-hydrogen) atoms. The van der Waals surface area contributed by atoms with Crippen LogP contribution in [0.1, 0.15) is 61.4 Å². The molecule has 2 aromatic heterocycles. The van der Waals surface area contributed by atoms with E-state index >= 15 is 0 Å². The van der Waals surface area contributed by atoms with E-state index in [9.17, 15) is 9.59 Å². The molecular weight excluding hydrogens is 632 g/mol. The van der Waals surface area contributed by atoms with Gasteiger partial charge in [-0.2, -0.15) is 0 Å². The number of anilines is 2. The first kappa shape index (κ1) is 34.4. The lowest BCUT2D eigenvalue weighted by molar-refractivity contribution is -0.132. The SMILES string of the molecule is CCN(C(=O)[C@@H]1CCN(CC(=O)N2CC=C(c3ccc(C(=N)/N=C\N)cc3)CC2)C1)c1ccc(N)c(C(=N)c2ccc(OC3CCC3)nc2)n1. The van der Waals surface area contributed by atoms with Crippen LogP contribution in [-0.2, 0) is 9.59 Å². The zero-order chi connectivity index (χ0) is 35.2. The summed E-state index contributed by atoms with van der Waals surface area (Å²) >= 11 is 0. The molecule has 1 aliphatic carbocycles. The largest absolute Gasteiger partial charge is 0.474 e. The first-order valence-corrected chi connectivity index (χ1v) is 17.2. The maximum Gasteiger partial charge on any atom is 0.237 e. The molecule has 260 valence electrons. The summed E-state index contributed by atoms with van der Waals surface area (Å²) in [4.78, 5) is 45.5. The van der Waals surface area contributed by atoms with Gasteiger partial charge in [0.2, 0.25) is 17.7 Å². The van der Waals surface area contributed by atoms with Gasteiger partial charge in [-0.15, -0.1) is 0 Å². The van der Waals surface area contributed by atoms with Crippen molar-refractivity contribution in [3.8, 4) is 5.88 Å². The van der Waals surface area contributed by atoms with Gasteiger partial charge in [0, 0.05) is 49.6 Å². The lowest BCUT2D eigenvalue weighted by Crippen LogP contribution is -2.42. The second-order valence-electron chi connectivity index (χ2n) is 12.9. The second-order valence-corrected chi connectivity index (χ2v) is 12.9. The van der Waals surface area contributed by atoms with Gasteiger partial charge in [-0.3, -0.25) is 30.2 Å². The number of aromatic nitrogens is 2. The van der Waals surface area contributed by atoms with Crippen LogP contribution in [0, 0.1) is 16.7 Å².